The smallest absolute Gasteiger partial charge is 0.268 e. The van der Waals surface area contributed by atoms with Gasteiger partial charge in [0.2, 0.25) is 0 Å². The Labute approximate surface area is 117 Å². The van der Waals surface area contributed by atoms with E-state index in [1.807, 2.05) is 13.0 Å². The molecule has 0 saturated heterocycles. The molecule has 0 aliphatic carbocycles. The summed E-state index contributed by atoms with van der Waals surface area (Å²) in [6.45, 7) is 3.53. The van der Waals surface area contributed by atoms with E-state index < -0.39 is 6.10 Å². The van der Waals surface area contributed by atoms with Gasteiger partial charge in [-0.1, -0.05) is 6.92 Å². The minimum atomic E-state index is -0.618. The molecule has 5 nitrogen and oxygen atoms in total. The van der Waals surface area contributed by atoms with Crippen LogP contribution in [0, 0.1) is 11.3 Å². The van der Waals surface area contributed by atoms with E-state index in [0.717, 1.165) is 6.42 Å². The highest BCUT2D eigenvalue weighted by Gasteiger charge is 2.31. The Hall–Kier alpha value is -2.35. The molecule has 0 spiro atoms. The average Bonchev–Trinajstić information content (AvgIpc) is 2.44. The first-order valence-corrected chi connectivity index (χ1v) is 6.60. The second kappa shape index (κ2) is 5.74. The van der Waals surface area contributed by atoms with Crippen LogP contribution in [0.4, 0.5) is 5.69 Å². The highest BCUT2D eigenvalue weighted by atomic mass is 16.5. The van der Waals surface area contributed by atoms with Gasteiger partial charge >= 0.3 is 0 Å². The number of anilines is 1. The average molecular weight is 272 g/mol. The first kappa shape index (κ1) is 14.1. The van der Waals surface area contributed by atoms with E-state index in [2.05, 4.69) is 0 Å². The Morgan fingerprint density at radius 1 is 1.50 bits per heavy atom. The predicted octanol–water partition coefficient (Wildman–Crippen LogP) is 2.31. The molecule has 20 heavy (non-hydrogen) atoms. The number of nitrogens with zero attached hydrogens (tertiary/aromatic N) is 2. The summed E-state index contributed by atoms with van der Waals surface area (Å²) in [6, 6.07) is 6.99. The lowest BCUT2D eigenvalue weighted by Gasteiger charge is -2.31. The Morgan fingerprint density at radius 2 is 2.25 bits per heavy atom. The van der Waals surface area contributed by atoms with Gasteiger partial charge in [0.25, 0.3) is 5.91 Å². The van der Waals surface area contributed by atoms with E-state index in [4.69, 9.17) is 10.00 Å². The second-order valence-electron chi connectivity index (χ2n) is 4.70. The molecular formula is C15H16N2O3. The van der Waals surface area contributed by atoms with Crippen LogP contribution < -0.4 is 9.64 Å². The molecule has 5 heteroatoms. The molecule has 1 aromatic rings. The van der Waals surface area contributed by atoms with E-state index >= 15 is 0 Å². The van der Waals surface area contributed by atoms with Crippen molar-refractivity contribution in [1.82, 2.24) is 0 Å². The van der Waals surface area contributed by atoms with E-state index in [-0.39, 0.29) is 18.2 Å². The number of nitriles is 1. The van der Waals surface area contributed by atoms with Gasteiger partial charge < -0.3 is 4.74 Å². The summed E-state index contributed by atoms with van der Waals surface area (Å²) < 4.78 is 5.50. The van der Waals surface area contributed by atoms with Gasteiger partial charge in [-0.2, -0.15) is 5.26 Å². The summed E-state index contributed by atoms with van der Waals surface area (Å²) in [5.41, 5.74) is 1.04. The van der Waals surface area contributed by atoms with Crippen molar-refractivity contribution in [3.63, 3.8) is 0 Å². The lowest BCUT2D eigenvalue weighted by molar-refractivity contribution is -0.125. The fourth-order valence-corrected chi connectivity index (χ4v) is 2.19. The fraction of sp³-hybridized carbons (Fsp3) is 0.400. The van der Waals surface area contributed by atoms with E-state index in [1.54, 1.807) is 25.1 Å². The minimum Gasteiger partial charge on any atom is -0.479 e. The Morgan fingerprint density at radius 3 is 2.90 bits per heavy atom. The molecule has 1 aromatic carbocycles. The zero-order valence-corrected chi connectivity index (χ0v) is 11.5. The molecule has 1 aliphatic heterocycles. The second-order valence-corrected chi connectivity index (χ2v) is 4.70. The number of carbonyl (C=O) groups excluding carboxylic acids is 2. The van der Waals surface area contributed by atoms with E-state index in [1.165, 1.54) is 4.90 Å². The number of Topliss-reactive ketones (excluding diaryl/α,β-unsaturated/α-hetero) is 1. The van der Waals surface area contributed by atoms with Gasteiger partial charge in [-0.15, -0.1) is 0 Å². The van der Waals surface area contributed by atoms with Crippen LogP contribution >= 0.6 is 0 Å². The first-order valence-electron chi connectivity index (χ1n) is 6.60. The van der Waals surface area contributed by atoms with Gasteiger partial charge in [-0.25, -0.2) is 0 Å². The monoisotopic (exact) mass is 272 g/mol. The zero-order chi connectivity index (χ0) is 14.7. The van der Waals surface area contributed by atoms with Gasteiger partial charge in [0, 0.05) is 12.0 Å². The van der Waals surface area contributed by atoms with Crippen molar-refractivity contribution < 1.29 is 14.3 Å². The van der Waals surface area contributed by atoms with Crippen LogP contribution in [0.3, 0.4) is 0 Å². The minimum absolute atomic E-state index is 0.0262. The Balaban J connectivity index is 2.43. The van der Waals surface area contributed by atoms with Gasteiger partial charge in [-0.05, 0) is 31.5 Å². The van der Waals surface area contributed by atoms with Crippen LogP contribution in [0.25, 0.3) is 0 Å². The number of carbonyl (C=O) groups is 2. The highest BCUT2D eigenvalue weighted by Crippen LogP contribution is 2.35. The van der Waals surface area contributed by atoms with Crippen LogP contribution in [0.2, 0.25) is 0 Å². The maximum Gasteiger partial charge on any atom is 0.268 e. The number of amides is 1. The number of fused-ring (bicyclic) bond motifs is 1. The summed E-state index contributed by atoms with van der Waals surface area (Å²) in [4.78, 5) is 25.3. The topological polar surface area (TPSA) is 70.4 Å². The molecular weight excluding hydrogens is 256 g/mol. The Bertz CT molecular complexity index is 589. The largest absolute Gasteiger partial charge is 0.479 e. The van der Waals surface area contributed by atoms with Crippen molar-refractivity contribution in [1.29, 1.82) is 5.26 Å². The van der Waals surface area contributed by atoms with Crippen LogP contribution in [-0.2, 0) is 4.79 Å². The number of hydrogen-bond acceptors (Lipinski definition) is 4. The maximum absolute atomic E-state index is 12.0. The van der Waals surface area contributed by atoms with Crippen molar-refractivity contribution in [3.05, 3.63) is 23.8 Å². The summed E-state index contributed by atoms with van der Waals surface area (Å²) in [5, 5.41) is 8.86. The molecule has 0 fully saturated rings. The van der Waals surface area contributed by atoms with Crippen LogP contribution in [0.5, 0.6) is 5.75 Å². The van der Waals surface area contributed by atoms with Crippen molar-refractivity contribution in [3.8, 4) is 11.8 Å². The number of ether oxygens (including phenoxy) is 1. The molecule has 1 heterocycles. The molecule has 0 aromatic heterocycles. The number of rotatable bonds is 4. The van der Waals surface area contributed by atoms with Gasteiger partial charge in [0.05, 0.1) is 11.8 Å². The molecule has 104 valence electrons. The predicted molar refractivity (Wildman–Crippen MR) is 73.7 cm³/mol. The summed E-state index contributed by atoms with van der Waals surface area (Å²) >= 11 is 0. The van der Waals surface area contributed by atoms with E-state index in [9.17, 15) is 9.59 Å². The molecule has 0 N–H and O–H groups in total. The SMILES string of the molecule is CCCC(=O)c1ccc2c(c1)N(CC#N)C(=O)C(C)O2. The fourth-order valence-electron chi connectivity index (χ4n) is 2.19. The van der Waals surface area contributed by atoms with Crippen molar-refractivity contribution in [2.24, 2.45) is 0 Å². The lowest BCUT2D eigenvalue weighted by Crippen LogP contribution is -2.44. The third-order valence-corrected chi connectivity index (χ3v) is 3.20. The van der Waals surface area contributed by atoms with Gasteiger partial charge in [0.1, 0.15) is 12.3 Å². The van der Waals surface area contributed by atoms with Crippen molar-refractivity contribution in [2.45, 2.75) is 32.8 Å². The first-order chi connectivity index (χ1) is 9.58. The Kier molecular flexibility index (Phi) is 4.04. The molecule has 1 amide bonds. The molecule has 0 saturated carbocycles. The quantitative estimate of drug-likeness (QED) is 0.623. The highest BCUT2D eigenvalue weighted by molar-refractivity contribution is 6.03. The molecule has 0 radical (unpaired) electrons. The number of benzene rings is 1. The molecule has 1 atom stereocenters. The third-order valence-electron chi connectivity index (χ3n) is 3.20. The summed E-state index contributed by atoms with van der Waals surface area (Å²) in [7, 11) is 0. The van der Waals surface area contributed by atoms with E-state index in [0.29, 0.717) is 23.4 Å². The van der Waals surface area contributed by atoms with Gasteiger partial charge in [0.15, 0.2) is 11.9 Å². The van der Waals surface area contributed by atoms with Crippen LogP contribution in [0.15, 0.2) is 18.2 Å². The molecule has 1 unspecified atom stereocenters. The number of ketones is 1. The zero-order valence-electron chi connectivity index (χ0n) is 11.5. The third kappa shape index (κ3) is 2.50. The van der Waals surface area contributed by atoms with Crippen molar-refractivity contribution >= 4 is 17.4 Å². The van der Waals surface area contributed by atoms with Crippen molar-refractivity contribution in [2.75, 3.05) is 11.4 Å². The summed E-state index contributed by atoms with van der Waals surface area (Å²) in [5.74, 6) is 0.290. The molecule has 1 aliphatic rings. The normalized spacial score (nSPS) is 17.1. The van der Waals surface area contributed by atoms with Gasteiger partial charge in [-0.3, -0.25) is 14.5 Å². The molecule has 2 rings (SSSR count). The summed E-state index contributed by atoms with van der Waals surface area (Å²) in [6.07, 6.45) is 0.611. The van der Waals surface area contributed by atoms with Crippen LogP contribution in [-0.4, -0.2) is 24.3 Å². The maximum atomic E-state index is 12.0. The number of hydrogen-bond donors (Lipinski definition) is 0. The lowest BCUT2D eigenvalue weighted by atomic mass is 10.0. The van der Waals surface area contributed by atoms with Crippen LogP contribution in [0.1, 0.15) is 37.0 Å². The standard InChI is InChI=1S/C15H16N2O3/c1-3-4-13(18)11-5-6-14-12(9-11)17(8-7-16)15(19)10(2)20-14/h5-6,9-10H,3-4,8H2,1-2H3. The molecule has 0 bridgehead atoms.